The van der Waals surface area contributed by atoms with Gasteiger partial charge in [-0.3, -0.25) is 4.90 Å². The molecule has 5 heteroatoms. The van der Waals surface area contributed by atoms with Crippen molar-refractivity contribution >= 4 is 27.3 Å². The van der Waals surface area contributed by atoms with Crippen LogP contribution in [-0.2, 0) is 11.3 Å². The van der Waals surface area contributed by atoms with E-state index in [4.69, 9.17) is 4.74 Å². The van der Waals surface area contributed by atoms with Crippen LogP contribution in [0.3, 0.4) is 0 Å². The van der Waals surface area contributed by atoms with Gasteiger partial charge in [0.1, 0.15) is 0 Å². The quantitative estimate of drug-likeness (QED) is 0.839. The van der Waals surface area contributed by atoms with Crippen LogP contribution in [0.5, 0.6) is 0 Å². The van der Waals surface area contributed by atoms with Gasteiger partial charge in [0.2, 0.25) is 0 Å². The van der Waals surface area contributed by atoms with Crippen LogP contribution in [0.2, 0.25) is 0 Å². The van der Waals surface area contributed by atoms with Gasteiger partial charge < -0.3 is 9.84 Å². The maximum atomic E-state index is 9.42. The van der Waals surface area contributed by atoms with Crippen molar-refractivity contribution in [3.63, 3.8) is 0 Å². The molecule has 1 aromatic heterocycles. The number of thiophene rings is 1. The minimum atomic E-state index is -0.305. The second-order valence-corrected chi connectivity index (χ2v) is 5.72. The van der Waals surface area contributed by atoms with Crippen LogP contribution in [0.25, 0.3) is 0 Å². The number of aliphatic hydroxyl groups is 1. The maximum Gasteiger partial charge on any atom is 0.0639 e. The summed E-state index contributed by atoms with van der Waals surface area (Å²) >= 11 is 5.17. The van der Waals surface area contributed by atoms with Gasteiger partial charge in [-0.1, -0.05) is 0 Å². The first-order valence-corrected chi connectivity index (χ1v) is 6.91. The molecule has 0 bridgehead atoms. The summed E-state index contributed by atoms with van der Waals surface area (Å²) in [7, 11) is 1.70. The molecular formula is C11H18BrNO2S. The van der Waals surface area contributed by atoms with Crippen LogP contribution >= 0.6 is 27.3 Å². The number of halogens is 1. The monoisotopic (exact) mass is 307 g/mol. The second-order valence-electron chi connectivity index (χ2n) is 3.81. The van der Waals surface area contributed by atoms with Crippen LogP contribution in [0.4, 0.5) is 0 Å². The summed E-state index contributed by atoms with van der Waals surface area (Å²) in [5, 5.41) is 11.5. The van der Waals surface area contributed by atoms with Gasteiger partial charge in [0.05, 0.1) is 12.7 Å². The van der Waals surface area contributed by atoms with Crippen LogP contribution < -0.4 is 0 Å². The molecule has 0 saturated carbocycles. The van der Waals surface area contributed by atoms with Crippen molar-refractivity contribution in [3.05, 3.63) is 20.8 Å². The van der Waals surface area contributed by atoms with Crippen molar-refractivity contribution in [3.8, 4) is 0 Å². The zero-order valence-electron chi connectivity index (χ0n) is 9.65. The van der Waals surface area contributed by atoms with Crippen LogP contribution in [0.1, 0.15) is 11.8 Å². The molecule has 1 N–H and O–H groups in total. The van der Waals surface area contributed by atoms with Crippen molar-refractivity contribution in [2.45, 2.75) is 19.6 Å². The molecule has 1 heterocycles. The Labute approximate surface area is 109 Å². The Bertz CT molecular complexity index is 304. The van der Waals surface area contributed by atoms with Crippen molar-refractivity contribution in [2.75, 3.05) is 26.8 Å². The summed E-state index contributed by atoms with van der Waals surface area (Å²) in [6.07, 6.45) is -0.305. The highest BCUT2D eigenvalue weighted by atomic mass is 79.9. The van der Waals surface area contributed by atoms with Crippen molar-refractivity contribution in [2.24, 2.45) is 0 Å². The molecule has 0 saturated heterocycles. The number of rotatable bonds is 7. The summed E-state index contributed by atoms with van der Waals surface area (Å²) in [4.78, 5) is 3.50. The fraction of sp³-hybridized carbons (Fsp3) is 0.636. The van der Waals surface area contributed by atoms with Gasteiger partial charge in [0.15, 0.2) is 0 Å². The standard InChI is InChI=1S/C11H18BrNO2S/c1-9(14)6-13(3-4-15-2)7-11-5-10(12)8-16-11/h5,8-9,14H,3-4,6-7H2,1-2H3/t9-/m1/s1. The van der Waals surface area contributed by atoms with Gasteiger partial charge in [0, 0.05) is 41.5 Å². The van der Waals surface area contributed by atoms with E-state index in [1.165, 1.54) is 4.88 Å². The first-order chi connectivity index (χ1) is 7.61. The average Bonchev–Trinajstić information content (AvgIpc) is 2.59. The van der Waals surface area contributed by atoms with Gasteiger partial charge in [-0.2, -0.15) is 0 Å². The molecular weight excluding hydrogens is 290 g/mol. The zero-order chi connectivity index (χ0) is 12.0. The number of nitrogens with zero attached hydrogens (tertiary/aromatic N) is 1. The van der Waals surface area contributed by atoms with Crippen LogP contribution in [-0.4, -0.2) is 42.9 Å². The third-order valence-electron chi connectivity index (χ3n) is 2.14. The highest BCUT2D eigenvalue weighted by Gasteiger charge is 2.10. The average molecular weight is 308 g/mol. The Hall–Kier alpha value is 0.0600. The Kier molecular flexibility index (Phi) is 6.53. The lowest BCUT2D eigenvalue weighted by Gasteiger charge is -2.22. The minimum Gasteiger partial charge on any atom is -0.392 e. The molecule has 0 radical (unpaired) electrons. The SMILES string of the molecule is COCCN(Cc1cc(Br)cs1)C[C@@H](C)O. The lowest BCUT2D eigenvalue weighted by Crippen LogP contribution is -2.33. The van der Waals surface area contributed by atoms with E-state index in [9.17, 15) is 5.11 Å². The molecule has 0 aliphatic rings. The highest BCUT2D eigenvalue weighted by Crippen LogP contribution is 2.21. The number of ether oxygens (including phenoxy) is 1. The molecule has 0 spiro atoms. The highest BCUT2D eigenvalue weighted by molar-refractivity contribution is 9.10. The van der Waals surface area contributed by atoms with E-state index in [2.05, 4.69) is 32.3 Å². The summed E-state index contributed by atoms with van der Waals surface area (Å²) in [6.45, 7) is 4.89. The van der Waals surface area contributed by atoms with Gasteiger partial charge in [0.25, 0.3) is 0 Å². The molecule has 1 atom stereocenters. The normalized spacial score (nSPS) is 13.3. The van der Waals surface area contributed by atoms with Gasteiger partial charge in [-0.15, -0.1) is 11.3 Å². The third-order valence-corrected chi connectivity index (χ3v) is 3.82. The molecule has 3 nitrogen and oxygen atoms in total. The van der Waals surface area contributed by atoms with Crippen molar-refractivity contribution in [1.29, 1.82) is 0 Å². The number of hydrogen-bond donors (Lipinski definition) is 1. The molecule has 0 fully saturated rings. The van der Waals surface area contributed by atoms with E-state index in [0.717, 1.165) is 17.6 Å². The number of hydrogen-bond acceptors (Lipinski definition) is 4. The molecule has 0 aliphatic heterocycles. The van der Waals surface area contributed by atoms with Gasteiger partial charge >= 0.3 is 0 Å². The Morgan fingerprint density at radius 1 is 1.62 bits per heavy atom. The summed E-state index contributed by atoms with van der Waals surface area (Å²) < 4.78 is 6.19. The first-order valence-electron chi connectivity index (χ1n) is 5.24. The Morgan fingerprint density at radius 2 is 2.38 bits per heavy atom. The molecule has 1 rings (SSSR count). The van der Waals surface area contributed by atoms with E-state index in [1.54, 1.807) is 18.4 Å². The van der Waals surface area contributed by atoms with Crippen LogP contribution in [0, 0.1) is 0 Å². The fourth-order valence-electron chi connectivity index (χ4n) is 1.49. The molecule has 1 aromatic rings. The Balaban J connectivity index is 2.48. The maximum absolute atomic E-state index is 9.42. The van der Waals surface area contributed by atoms with Gasteiger partial charge in [-0.05, 0) is 28.9 Å². The predicted molar refractivity (Wildman–Crippen MR) is 70.9 cm³/mol. The minimum absolute atomic E-state index is 0.305. The van der Waals surface area contributed by atoms with E-state index >= 15 is 0 Å². The largest absolute Gasteiger partial charge is 0.392 e. The number of methoxy groups -OCH3 is 1. The second kappa shape index (κ2) is 7.40. The van der Waals surface area contributed by atoms with Crippen LogP contribution in [0.15, 0.2) is 15.9 Å². The zero-order valence-corrected chi connectivity index (χ0v) is 12.1. The molecule has 16 heavy (non-hydrogen) atoms. The summed E-state index contributed by atoms with van der Waals surface area (Å²) in [5.41, 5.74) is 0. The lowest BCUT2D eigenvalue weighted by molar-refractivity contribution is 0.0945. The van der Waals surface area contributed by atoms with E-state index in [-0.39, 0.29) is 6.10 Å². The summed E-state index contributed by atoms with van der Waals surface area (Å²) in [5.74, 6) is 0. The predicted octanol–water partition coefficient (Wildman–Crippen LogP) is 2.34. The number of aliphatic hydroxyl groups excluding tert-OH is 1. The molecule has 0 unspecified atom stereocenters. The summed E-state index contributed by atoms with van der Waals surface area (Å²) in [6, 6.07) is 2.12. The van der Waals surface area contributed by atoms with E-state index < -0.39 is 0 Å². The Morgan fingerprint density at radius 3 is 2.88 bits per heavy atom. The molecule has 0 aromatic carbocycles. The molecule has 0 aliphatic carbocycles. The molecule has 92 valence electrons. The smallest absolute Gasteiger partial charge is 0.0639 e. The lowest BCUT2D eigenvalue weighted by atomic mass is 10.3. The van der Waals surface area contributed by atoms with E-state index in [0.29, 0.717) is 13.2 Å². The van der Waals surface area contributed by atoms with Gasteiger partial charge in [-0.25, -0.2) is 0 Å². The third kappa shape index (κ3) is 5.41. The topological polar surface area (TPSA) is 32.7 Å². The molecule has 0 amide bonds. The first kappa shape index (κ1) is 14.1. The van der Waals surface area contributed by atoms with Crippen molar-refractivity contribution in [1.82, 2.24) is 4.90 Å². The fourth-order valence-corrected chi connectivity index (χ4v) is 2.98. The van der Waals surface area contributed by atoms with Crippen molar-refractivity contribution < 1.29 is 9.84 Å². The van der Waals surface area contributed by atoms with E-state index in [1.807, 2.05) is 6.92 Å².